The molecule has 0 radical (unpaired) electrons. The van der Waals surface area contributed by atoms with E-state index in [2.05, 4.69) is 181 Å². The lowest BCUT2D eigenvalue weighted by Crippen LogP contribution is -2.08. The Morgan fingerprint density at radius 3 is 1.22 bits per heavy atom. The number of hydrogen-bond acceptors (Lipinski definition) is 2. The molecule has 0 bridgehead atoms. The summed E-state index contributed by atoms with van der Waals surface area (Å²) in [5, 5.41) is 10.0. The van der Waals surface area contributed by atoms with Gasteiger partial charge in [-0.15, -0.1) is 11.3 Å². The molecule has 0 saturated carbocycles. The van der Waals surface area contributed by atoms with E-state index in [0.29, 0.717) is 0 Å². The van der Waals surface area contributed by atoms with Gasteiger partial charge in [0.05, 0.1) is 0 Å². The highest BCUT2D eigenvalue weighted by Gasteiger charge is 2.17. The first-order valence-corrected chi connectivity index (χ1v) is 16.5. The first kappa shape index (κ1) is 26.7. The summed E-state index contributed by atoms with van der Waals surface area (Å²) in [6.07, 6.45) is 0. The zero-order chi connectivity index (χ0) is 30.5. The summed E-state index contributed by atoms with van der Waals surface area (Å²) in [4.78, 5) is 2.39. The van der Waals surface area contributed by atoms with Crippen molar-refractivity contribution >= 4 is 70.1 Å². The summed E-state index contributed by atoms with van der Waals surface area (Å²) < 4.78 is 1.29. The molecule has 0 spiro atoms. The molecule has 0 N–H and O–H groups in total. The van der Waals surface area contributed by atoms with Crippen LogP contribution in [0.2, 0.25) is 0 Å². The number of rotatable bonds is 5. The molecule has 0 saturated heterocycles. The van der Waals surface area contributed by atoms with Crippen LogP contribution < -0.4 is 4.90 Å². The molecule has 1 nitrogen and oxygen atoms in total. The second kappa shape index (κ2) is 11.0. The summed E-state index contributed by atoms with van der Waals surface area (Å²) in [5.74, 6) is 0. The maximum atomic E-state index is 2.39. The quantitative estimate of drug-likeness (QED) is 0.189. The predicted molar refractivity (Wildman–Crippen MR) is 200 cm³/mol. The zero-order valence-electron chi connectivity index (χ0n) is 25.1. The molecule has 0 amide bonds. The molecule has 0 aliphatic carbocycles. The fourth-order valence-electron chi connectivity index (χ4n) is 6.57. The minimum absolute atomic E-state index is 1.14. The third kappa shape index (κ3) is 4.81. The van der Waals surface area contributed by atoms with E-state index < -0.39 is 0 Å². The van der Waals surface area contributed by atoms with Gasteiger partial charge in [-0.2, -0.15) is 0 Å². The molecular weight excluding hydrogens is 575 g/mol. The van der Waals surface area contributed by atoms with E-state index >= 15 is 0 Å². The third-order valence-corrected chi connectivity index (χ3v) is 10.1. The van der Waals surface area contributed by atoms with Gasteiger partial charge in [-0.3, -0.25) is 0 Å². The van der Waals surface area contributed by atoms with Crippen molar-refractivity contribution in [3.63, 3.8) is 0 Å². The highest BCUT2D eigenvalue weighted by molar-refractivity contribution is 7.23. The second-order valence-electron chi connectivity index (χ2n) is 11.9. The predicted octanol–water partition coefficient (Wildman–Crippen LogP) is 13.2. The molecule has 1 heterocycles. The Balaban J connectivity index is 1.13. The molecule has 8 aromatic carbocycles. The zero-order valence-corrected chi connectivity index (χ0v) is 25.9. The van der Waals surface area contributed by atoms with Crippen LogP contribution >= 0.6 is 11.3 Å². The van der Waals surface area contributed by atoms with Crippen molar-refractivity contribution in [2.75, 3.05) is 4.90 Å². The van der Waals surface area contributed by atoms with Crippen LogP contribution in [0.15, 0.2) is 176 Å². The van der Waals surface area contributed by atoms with Gasteiger partial charge in [-0.1, -0.05) is 121 Å². The molecule has 0 fully saturated rings. The number of anilines is 3. The minimum atomic E-state index is 1.14. The normalized spacial score (nSPS) is 11.5. The molecular formula is C44H29NS. The first-order chi connectivity index (χ1) is 22.7. The van der Waals surface area contributed by atoms with Crippen LogP contribution in [0.25, 0.3) is 64.7 Å². The molecule has 0 unspecified atom stereocenters. The molecule has 1 aromatic heterocycles. The molecule has 0 aliphatic rings. The van der Waals surface area contributed by atoms with Crippen molar-refractivity contribution in [3.05, 3.63) is 176 Å². The van der Waals surface area contributed by atoms with Gasteiger partial charge in [0.25, 0.3) is 0 Å². The smallest absolute Gasteiger partial charge is 0.101 e. The van der Waals surface area contributed by atoms with Crippen molar-refractivity contribution in [1.82, 2.24) is 0 Å². The van der Waals surface area contributed by atoms with Gasteiger partial charge < -0.3 is 4.90 Å². The maximum Gasteiger partial charge on any atom is 0.101 e. The maximum absolute atomic E-state index is 2.39. The molecule has 46 heavy (non-hydrogen) atoms. The molecule has 2 heteroatoms. The number of benzene rings is 8. The standard InChI is InChI=1S/C44H29NS/c1-3-9-34-25-38(15-13-30(34)7-1)32-17-21-41(22-18-32)45(44-29-40-27-36-11-5-6-12-37(36)28-43(40)46-44)42-23-19-33(20-24-42)39-16-14-31-8-2-4-10-35(31)26-39/h1-29H. The SMILES string of the molecule is c1ccc2cc(-c3ccc(N(c4ccc(-c5ccc6ccccc6c5)cc4)c4cc5cc6ccccc6cc5s4)cc3)ccc2c1. The summed E-state index contributed by atoms with van der Waals surface area (Å²) in [6.45, 7) is 0. The van der Waals surface area contributed by atoms with Crippen molar-refractivity contribution in [2.45, 2.75) is 0 Å². The number of nitrogens with zero attached hydrogens (tertiary/aromatic N) is 1. The van der Waals surface area contributed by atoms with Crippen molar-refractivity contribution in [3.8, 4) is 22.3 Å². The van der Waals surface area contributed by atoms with Gasteiger partial charge in [0.15, 0.2) is 0 Å². The van der Waals surface area contributed by atoms with Crippen molar-refractivity contribution in [2.24, 2.45) is 0 Å². The Hall–Kier alpha value is -5.70. The van der Waals surface area contributed by atoms with E-state index in [1.54, 1.807) is 0 Å². The van der Waals surface area contributed by atoms with Crippen LogP contribution in [0.3, 0.4) is 0 Å². The van der Waals surface area contributed by atoms with Gasteiger partial charge in [-0.25, -0.2) is 0 Å². The van der Waals surface area contributed by atoms with Crippen molar-refractivity contribution in [1.29, 1.82) is 0 Å². The molecule has 216 valence electrons. The molecule has 0 aliphatic heterocycles. The summed E-state index contributed by atoms with van der Waals surface area (Å²) in [6, 6.07) is 64.1. The lowest BCUT2D eigenvalue weighted by Gasteiger charge is -2.24. The highest BCUT2D eigenvalue weighted by Crippen LogP contribution is 2.43. The topological polar surface area (TPSA) is 3.24 Å². The van der Waals surface area contributed by atoms with Crippen LogP contribution in [0, 0.1) is 0 Å². The molecule has 9 rings (SSSR count). The fourth-order valence-corrected chi connectivity index (χ4v) is 7.71. The Kier molecular flexibility index (Phi) is 6.40. The minimum Gasteiger partial charge on any atom is -0.302 e. The largest absolute Gasteiger partial charge is 0.302 e. The van der Waals surface area contributed by atoms with Crippen LogP contribution in [0.1, 0.15) is 0 Å². The van der Waals surface area contributed by atoms with E-state index in [4.69, 9.17) is 0 Å². The summed E-state index contributed by atoms with van der Waals surface area (Å²) in [7, 11) is 0. The number of fused-ring (bicyclic) bond motifs is 4. The summed E-state index contributed by atoms with van der Waals surface area (Å²) >= 11 is 1.84. The van der Waals surface area contributed by atoms with Gasteiger partial charge in [-0.05, 0) is 115 Å². The molecule has 0 atom stereocenters. The van der Waals surface area contributed by atoms with Crippen LogP contribution in [0.5, 0.6) is 0 Å². The number of thiophene rings is 1. The Bertz CT molecular complexity index is 2350. The van der Waals surface area contributed by atoms with E-state index in [-0.39, 0.29) is 0 Å². The first-order valence-electron chi connectivity index (χ1n) is 15.7. The Morgan fingerprint density at radius 1 is 0.304 bits per heavy atom. The number of hydrogen-bond donors (Lipinski definition) is 0. The van der Waals surface area contributed by atoms with Gasteiger partial charge in [0, 0.05) is 16.1 Å². The molecule has 9 aromatic rings. The lowest BCUT2D eigenvalue weighted by molar-refractivity contribution is 1.32. The van der Waals surface area contributed by atoms with Gasteiger partial charge in [0.1, 0.15) is 5.00 Å². The van der Waals surface area contributed by atoms with Crippen LogP contribution in [-0.2, 0) is 0 Å². The monoisotopic (exact) mass is 603 g/mol. The summed E-state index contributed by atoms with van der Waals surface area (Å²) in [5.41, 5.74) is 7.15. The Labute approximate surface area is 272 Å². The van der Waals surface area contributed by atoms with E-state index in [1.165, 1.54) is 69.7 Å². The average molecular weight is 604 g/mol. The van der Waals surface area contributed by atoms with Crippen LogP contribution in [-0.4, -0.2) is 0 Å². The average Bonchev–Trinajstić information content (AvgIpc) is 3.53. The van der Waals surface area contributed by atoms with E-state index in [0.717, 1.165) is 11.4 Å². The van der Waals surface area contributed by atoms with Crippen molar-refractivity contribution < 1.29 is 0 Å². The van der Waals surface area contributed by atoms with Gasteiger partial charge in [0.2, 0.25) is 0 Å². The van der Waals surface area contributed by atoms with E-state index in [1.807, 2.05) is 11.3 Å². The van der Waals surface area contributed by atoms with Crippen LogP contribution in [0.4, 0.5) is 16.4 Å². The second-order valence-corrected chi connectivity index (χ2v) is 12.9. The third-order valence-electron chi connectivity index (χ3n) is 9.01. The highest BCUT2D eigenvalue weighted by atomic mass is 32.1. The van der Waals surface area contributed by atoms with Gasteiger partial charge >= 0.3 is 0 Å². The lowest BCUT2D eigenvalue weighted by atomic mass is 10.0. The fraction of sp³-hybridized carbons (Fsp3) is 0. The van der Waals surface area contributed by atoms with E-state index in [9.17, 15) is 0 Å². The Morgan fingerprint density at radius 2 is 0.717 bits per heavy atom.